The van der Waals surface area contributed by atoms with Crippen molar-refractivity contribution in [2.24, 2.45) is 5.92 Å². The van der Waals surface area contributed by atoms with Crippen molar-refractivity contribution in [1.29, 1.82) is 0 Å². The van der Waals surface area contributed by atoms with E-state index < -0.39 is 0 Å². The van der Waals surface area contributed by atoms with E-state index in [9.17, 15) is 4.79 Å². The minimum atomic E-state index is -0.0990. The van der Waals surface area contributed by atoms with Gasteiger partial charge in [-0.15, -0.1) is 0 Å². The van der Waals surface area contributed by atoms with Crippen molar-refractivity contribution in [3.05, 3.63) is 34.9 Å². The summed E-state index contributed by atoms with van der Waals surface area (Å²) in [7, 11) is 0. The second kappa shape index (κ2) is 7.83. The van der Waals surface area contributed by atoms with Crippen LogP contribution in [0, 0.1) is 5.92 Å². The number of halogens is 1. The number of nitrogens with one attached hydrogen (secondary N) is 2. The highest BCUT2D eigenvalue weighted by atomic mass is 35.5. The highest BCUT2D eigenvalue weighted by molar-refractivity contribution is 6.31. The van der Waals surface area contributed by atoms with Gasteiger partial charge in [-0.05, 0) is 31.5 Å². The zero-order valence-electron chi connectivity index (χ0n) is 14.5. The van der Waals surface area contributed by atoms with Gasteiger partial charge in [-0.3, -0.25) is 15.0 Å². The van der Waals surface area contributed by atoms with Crippen LogP contribution in [0.25, 0.3) is 0 Å². The number of amides is 1. The molecule has 0 saturated carbocycles. The maximum Gasteiger partial charge on any atom is 0.227 e. The third-order valence-electron chi connectivity index (χ3n) is 5.26. The molecule has 2 saturated heterocycles. The molecule has 3 atom stereocenters. The van der Waals surface area contributed by atoms with Crippen LogP contribution in [0.2, 0.25) is 5.02 Å². The molecule has 0 spiro atoms. The van der Waals surface area contributed by atoms with Crippen LogP contribution in [0.15, 0.2) is 24.3 Å². The van der Waals surface area contributed by atoms with Crippen LogP contribution < -0.4 is 10.6 Å². The monoisotopic (exact) mass is 350 g/mol. The summed E-state index contributed by atoms with van der Waals surface area (Å²) in [5.41, 5.74) is 1.03. The first kappa shape index (κ1) is 17.7. The van der Waals surface area contributed by atoms with Crippen LogP contribution in [0.3, 0.4) is 0 Å². The zero-order chi connectivity index (χ0) is 17.1. The number of carbonyl (C=O) groups is 1. The Morgan fingerprint density at radius 2 is 1.92 bits per heavy atom. The van der Waals surface area contributed by atoms with Gasteiger partial charge in [-0.2, -0.15) is 0 Å². The molecule has 0 aromatic heterocycles. The van der Waals surface area contributed by atoms with Crippen molar-refractivity contribution in [1.82, 2.24) is 20.4 Å². The Morgan fingerprint density at radius 3 is 2.54 bits per heavy atom. The molecule has 2 aliphatic rings. The second-order valence-corrected chi connectivity index (χ2v) is 7.15. The Morgan fingerprint density at radius 1 is 1.21 bits per heavy atom. The lowest BCUT2D eigenvalue weighted by atomic mass is 9.90. The van der Waals surface area contributed by atoms with Gasteiger partial charge in [0, 0.05) is 37.2 Å². The molecule has 1 aromatic carbocycles. The molecule has 6 heteroatoms. The summed E-state index contributed by atoms with van der Waals surface area (Å²) >= 11 is 6.25. The smallest absolute Gasteiger partial charge is 0.227 e. The molecule has 0 bridgehead atoms. The number of rotatable bonds is 4. The Labute approximate surface area is 149 Å². The average molecular weight is 351 g/mol. The summed E-state index contributed by atoms with van der Waals surface area (Å²) in [6, 6.07) is 7.88. The quantitative estimate of drug-likeness (QED) is 0.864. The molecule has 5 nitrogen and oxygen atoms in total. The Bertz CT molecular complexity index is 574. The molecule has 2 fully saturated rings. The number of benzene rings is 1. The topological polar surface area (TPSA) is 47.6 Å². The lowest BCUT2D eigenvalue weighted by molar-refractivity contribution is -0.132. The third kappa shape index (κ3) is 3.91. The van der Waals surface area contributed by atoms with E-state index in [1.54, 1.807) is 0 Å². The Kier molecular flexibility index (Phi) is 5.76. The first-order valence-electron chi connectivity index (χ1n) is 8.84. The normalized spacial score (nSPS) is 29.5. The van der Waals surface area contributed by atoms with Gasteiger partial charge in [0.2, 0.25) is 5.91 Å². The van der Waals surface area contributed by atoms with Gasteiger partial charge < -0.3 is 10.2 Å². The molecule has 1 amide bonds. The van der Waals surface area contributed by atoms with E-state index in [4.69, 9.17) is 11.6 Å². The van der Waals surface area contributed by atoms with Gasteiger partial charge in [0.1, 0.15) is 6.29 Å². The van der Waals surface area contributed by atoms with Gasteiger partial charge >= 0.3 is 0 Å². The summed E-state index contributed by atoms with van der Waals surface area (Å²) in [6.07, 6.45) is 0.602. The maximum absolute atomic E-state index is 12.7. The molecule has 0 aliphatic carbocycles. The van der Waals surface area contributed by atoms with E-state index in [1.165, 1.54) is 0 Å². The minimum absolute atomic E-state index is 0.0611. The lowest BCUT2D eigenvalue weighted by Crippen LogP contribution is -2.69. The van der Waals surface area contributed by atoms with Crippen molar-refractivity contribution in [2.45, 2.75) is 32.6 Å². The number of nitrogens with zero attached hydrogens (tertiary/aromatic N) is 2. The van der Waals surface area contributed by atoms with Crippen LogP contribution in [0.4, 0.5) is 0 Å². The lowest BCUT2D eigenvalue weighted by Gasteiger charge is -2.44. The van der Waals surface area contributed by atoms with Crippen molar-refractivity contribution < 1.29 is 4.79 Å². The maximum atomic E-state index is 12.7. The van der Waals surface area contributed by atoms with Crippen LogP contribution >= 0.6 is 11.6 Å². The number of hydrogen-bond acceptors (Lipinski definition) is 4. The van der Waals surface area contributed by atoms with E-state index in [-0.39, 0.29) is 24.2 Å². The molecule has 3 unspecified atom stereocenters. The van der Waals surface area contributed by atoms with E-state index >= 15 is 0 Å². The van der Waals surface area contributed by atoms with E-state index in [1.807, 2.05) is 24.3 Å². The van der Waals surface area contributed by atoms with E-state index in [2.05, 4.69) is 34.3 Å². The highest BCUT2D eigenvalue weighted by Crippen LogP contribution is 2.23. The summed E-state index contributed by atoms with van der Waals surface area (Å²) < 4.78 is 0. The van der Waals surface area contributed by atoms with E-state index in [0.717, 1.165) is 43.3 Å². The van der Waals surface area contributed by atoms with Crippen LogP contribution in [-0.4, -0.2) is 60.8 Å². The first-order valence-corrected chi connectivity index (χ1v) is 9.22. The van der Waals surface area contributed by atoms with Crippen molar-refractivity contribution in [3.63, 3.8) is 0 Å². The summed E-state index contributed by atoms with van der Waals surface area (Å²) in [5, 5.41) is 7.46. The fraction of sp³-hybridized carbons (Fsp3) is 0.611. The van der Waals surface area contributed by atoms with Gasteiger partial charge in [-0.25, -0.2) is 0 Å². The van der Waals surface area contributed by atoms with Crippen LogP contribution in [0.5, 0.6) is 0 Å². The molecule has 132 valence electrons. The highest BCUT2D eigenvalue weighted by Gasteiger charge is 2.36. The number of likely N-dealkylation sites (N-methyl/N-ethyl adjacent to an activating group) is 1. The zero-order valence-corrected chi connectivity index (χ0v) is 15.2. The van der Waals surface area contributed by atoms with Gasteiger partial charge in [0.25, 0.3) is 0 Å². The minimum Gasteiger partial charge on any atom is -0.328 e. The average Bonchev–Trinajstić information content (AvgIpc) is 2.59. The molecule has 2 N–H and O–H groups in total. The number of hydrogen-bond donors (Lipinski definition) is 2. The summed E-state index contributed by atoms with van der Waals surface area (Å²) in [6.45, 7) is 9.45. The van der Waals surface area contributed by atoms with Gasteiger partial charge in [-0.1, -0.05) is 36.7 Å². The van der Waals surface area contributed by atoms with Crippen LogP contribution in [0.1, 0.15) is 19.4 Å². The predicted octanol–water partition coefficient (Wildman–Crippen LogP) is 1.53. The molecule has 3 rings (SSSR count). The molecular formula is C18H27ClN4O. The molecular weight excluding hydrogens is 324 g/mol. The summed E-state index contributed by atoms with van der Waals surface area (Å²) in [5.74, 6) is 0.0159. The Hall–Kier alpha value is -1.14. The molecule has 1 aromatic rings. The fourth-order valence-electron chi connectivity index (χ4n) is 3.58. The third-order valence-corrected chi connectivity index (χ3v) is 5.63. The first-order chi connectivity index (χ1) is 11.6. The van der Waals surface area contributed by atoms with Crippen molar-refractivity contribution in [2.75, 3.05) is 32.7 Å². The Balaban J connectivity index is 1.60. The molecule has 2 heterocycles. The number of carbonyl (C=O) groups excluding carboxylic acids is 1. The molecule has 0 radical (unpaired) electrons. The molecule has 24 heavy (non-hydrogen) atoms. The second-order valence-electron chi connectivity index (χ2n) is 6.74. The van der Waals surface area contributed by atoms with Crippen LogP contribution in [-0.2, 0) is 11.2 Å². The predicted molar refractivity (Wildman–Crippen MR) is 96.9 cm³/mol. The molecule has 2 aliphatic heterocycles. The summed E-state index contributed by atoms with van der Waals surface area (Å²) in [4.78, 5) is 17.4. The standard InChI is InChI=1S/C18H27ClN4O/c1-3-22-8-10-23(11-9-22)18-20-13(2)15(17(24)21-18)12-14-6-4-5-7-16(14)19/h4-7,13,15,18,20H,3,8-12H2,1-2H3,(H,21,24). The van der Waals surface area contributed by atoms with Crippen molar-refractivity contribution in [3.8, 4) is 0 Å². The fourth-order valence-corrected chi connectivity index (χ4v) is 3.79. The van der Waals surface area contributed by atoms with Crippen molar-refractivity contribution >= 4 is 17.5 Å². The SMILES string of the molecule is CCN1CCN(C2NC(=O)C(Cc3ccccc3Cl)C(C)N2)CC1. The van der Waals surface area contributed by atoms with Gasteiger partial charge in [0.05, 0.1) is 5.92 Å². The van der Waals surface area contributed by atoms with E-state index in [0.29, 0.717) is 6.42 Å². The largest absolute Gasteiger partial charge is 0.328 e. The van der Waals surface area contributed by atoms with Gasteiger partial charge in [0.15, 0.2) is 0 Å². The number of piperazine rings is 1.